The van der Waals surface area contributed by atoms with E-state index >= 15 is 0 Å². The van der Waals surface area contributed by atoms with Crippen LogP contribution in [0, 0.1) is 18.7 Å². The quantitative estimate of drug-likeness (QED) is 0.511. The molecule has 1 aliphatic rings. The van der Waals surface area contributed by atoms with Crippen LogP contribution in [-0.2, 0) is 6.54 Å². The van der Waals surface area contributed by atoms with E-state index in [1.165, 1.54) is 30.7 Å². The number of benzene rings is 1. The first-order valence-corrected chi connectivity index (χ1v) is 11.3. The van der Waals surface area contributed by atoms with Crippen LogP contribution in [0.25, 0.3) is 0 Å². The molecule has 1 aromatic carbocycles. The molecule has 1 fully saturated rings. The van der Waals surface area contributed by atoms with Crippen LogP contribution in [0.1, 0.15) is 23.5 Å². The second-order valence-corrected chi connectivity index (χ2v) is 8.79. The lowest BCUT2D eigenvalue weighted by Crippen LogP contribution is -2.44. The van der Waals surface area contributed by atoms with Gasteiger partial charge in [-0.1, -0.05) is 0 Å². The minimum atomic E-state index is -0.256. The van der Waals surface area contributed by atoms with E-state index in [-0.39, 0.29) is 5.82 Å². The largest absolute Gasteiger partial charge is 0.492 e. The number of likely N-dealkylation sites (tertiary alicyclic amines) is 1. The molecule has 0 aliphatic carbocycles. The molecule has 0 unspecified atom stereocenters. The Labute approximate surface area is 182 Å². The number of piperidine rings is 1. The van der Waals surface area contributed by atoms with E-state index < -0.39 is 0 Å². The fourth-order valence-electron chi connectivity index (χ4n) is 3.62. The molecule has 0 bridgehead atoms. The SMILES string of the molecule is CN=C(NCC1CCN(Cc2csc(C)n2)CC1)N(C)CCOc1ccc(F)cc1. The van der Waals surface area contributed by atoms with Crippen LogP contribution in [0.15, 0.2) is 34.6 Å². The van der Waals surface area contributed by atoms with Gasteiger partial charge in [-0.05, 0) is 63.0 Å². The molecule has 1 N–H and O–H groups in total. The number of aliphatic imine (C=N–C) groups is 1. The lowest BCUT2D eigenvalue weighted by atomic mass is 9.97. The van der Waals surface area contributed by atoms with Gasteiger partial charge in [0.2, 0.25) is 0 Å². The third-order valence-electron chi connectivity index (χ3n) is 5.39. The van der Waals surface area contributed by atoms with Crippen LogP contribution in [0.5, 0.6) is 5.75 Å². The van der Waals surface area contributed by atoms with Gasteiger partial charge in [-0.2, -0.15) is 0 Å². The van der Waals surface area contributed by atoms with Crippen molar-refractivity contribution in [3.8, 4) is 5.75 Å². The Morgan fingerprint density at radius 3 is 2.70 bits per heavy atom. The topological polar surface area (TPSA) is 53.0 Å². The van der Waals surface area contributed by atoms with Crippen LogP contribution in [0.4, 0.5) is 4.39 Å². The highest BCUT2D eigenvalue weighted by Gasteiger charge is 2.20. The number of rotatable bonds is 8. The summed E-state index contributed by atoms with van der Waals surface area (Å²) >= 11 is 1.73. The van der Waals surface area contributed by atoms with E-state index in [4.69, 9.17) is 4.74 Å². The number of likely N-dealkylation sites (N-methyl/N-ethyl adjacent to an activating group) is 1. The highest BCUT2D eigenvalue weighted by atomic mass is 32.1. The molecule has 30 heavy (non-hydrogen) atoms. The summed E-state index contributed by atoms with van der Waals surface area (Å²) in [5.41, 5.74) is 1.19. The first-order chi connectivity index (χ1) is 14.5. The number of aryl methyl sites for hydroxylation is 1. The molecule has 1 saturated heterocycles. The van der Waals surface area contributed by atoms with Gasteiger partial charge in [0.05, 0.1) is 17.2 Å². The maximum absolute atomic E-state index is 13.0. The number of thiazole rings is 1. The second kappa shape index (κ2) is 11.3. The summed E-state index contributed by atoms with van der Waals surface area (Å²) in [7, 11) is 3.81. The predicted molar refractivity (Wildman–Crippen MR) is 121 cm³/mol. The zero-order chi connectivity index (χ0) is 21.3. The normalized spacial score (nSPS) is 15.9. The number of nitrogens with one attached hydrogen (secondary N) is 1. The monoisotopic (exact) mass is 433 g/mol. The zero-order valence-electron chi connectivity index (χ0n) is 18.1. The molecular formula is C22H32FN5OS. The van der Waals surface area contributed by atoms with Gasteiger partial charge >= 0.3 is 0 Å². The molecule has 0 amide bonds. The molecule has 3 rings (SSSR count). The molecule has 164 valence electrons. The first kappa shape index (κ1) is 22.5. The van der Waals surface area contributed by atoms with Crippen molar-refractivity contribution in [2.45, 2.75) is 26.3 Å². The van der Waals surface area contributed by atoms with Crippen molar-refractivity contribution in [1.29, 1.82) is 0 Å². The fourth-order valence-corrected chi connectivity index (χ4v) is 4.22. The van der Waals surface area contributed by atoms with E-state index in [1.54, 1.807) is 30.5 Å². The summed E-state index contributed by atoms with van der Waals surface area (Å²) in [5, 5.41) is 6.82. The van der Waals surface area contributed by atoms with Gasteiger partial charge in [-0.15, -0.1) is 11.3 Å². The van der Waals surface area contributed by atoms with Crippen LogP contribution < -0.4 is 10.1 Å². The van der Waals surface area contributed by atoms with Crippen LogP contribution in [-0.4, -0.2) is 67.6 Å². The Kier molecular flexibility index (Phi) is 8.45. The molecule has 1 aromatic heterocycles. The zero-order valence-corrected chi connectivity index (χ0v) is 18.9. The molecule has 6 nitrogen and oxygen atoms in total. The van der Waals surface area contributed by atoms with Crippen molar-refractivity contribution in [1.82, 2.24) is 20.1 Å². The molecule has 8 heteroatoms. The third kappa shape index (κ3) is 6.95. The van der Waals surface area contributed by atoms with Crippen LogP contribution >= 0.6 is 11.3 Å². The molecule has 0 spiro atoms. The van der Waals surface area contributed by atoms with Gasteiger partial charge in [-0.25, -0.2) is 9.37 Å². The summed E-state index contributed by atoms with van der Waals surface area (Å²) in [6, 6.07) is 6.10. The maximum Gasteiger partial charge on any atom is 0.193 e. The van der Waals surface area contributed by atoms with Crippen molar-refractivity contribution < 1.29 is 9.13 Å². The minimum absolute atomic E-state index is 0.256. The van der Waals surface area contributed by atoms with E-state index in [0.29, 0.717) is 24.8 Å². The predicted octanol–water partition coefficient (Wildman–Crippen LogP) is 3.39. The average molecular weight is 434 g/mol. The Hall–Kier alpha value is -2.19. The second-order valence-electron chi connectivity index (χ2n) is 7.73. The summed E-state index contributed by atoms with van der Waals surface area (Å²) in [4.78, 5) is 13.5. The molecule has 1 aliphatic heterocycles. The Balaban J connectivity index is 1.34. The molecule has 0 radical (unpaired) electrons. The first-order valence-electron chi connectivity index (χ1n) is 10.5. The smallest absolute Gasteiger partial charge is 0.193 e. The van der Waals surface area contributed by atoms with Crippen molar-refractivity contribution in [3.63, 3.8) is 0 Å². The minimum Gasteiger partial charge on any atom is -0.492 e. The Morgan fingerprint density at radius 1 is 1.33 bits per heavy atom. The van der Waals surface area contributed by atoms with Gasteiger partial charge < -0.3 is 15.0 Å². The van der Waals surface area contributed by atoms with E-state index in [9.17, 15) is 4.39 Å². The number of aromatic nitrogens is 1. The van der Waals surface area contributed by atoms with Crippen molar-refractivity contribution in [3.05, 3.63) is 46.2 Å². The molecule has 2 aromatic rings. The van der Waals surface area contributed by atoms with Crippen LogP contribution in [0.2, 0.25) is 0 Å². The lowest BCUT2D eigenvalue weighted by molar-refractivity contribution is 0.176. The molecule has 0 atom stereocenters. The van der Waals surface area contributed by atoms with Gasteiger partial charge in [0, 0.05) is 32.6 Å². The van der Waals surface area contributed by atoms with E-state index in [2.05, 4.69) is 37.4 Å². The van der Waals surface area contributed by atoms with Crippen molar-refractivity contribution >= 4 is 17.3 Å². The fraction of sp³-hybridized carbons (Fsp3) is 0.545. The number of nitrogens with zero attached hydrogens (tertiary/aromatic N) is 4. The Morgan fingerprint density at radius 2 is 2.07 bits per heavy atom. The van der Waals surface area contributed by atoms with Gasteiger partial charge in [0.1, 0.15) is 18.2 Å². The van der Waals surface area contributed by atoms with E-state index in [0.717, 1.165) is 37.1 Å². The number of guanidine groups is 1. The van der Waals surface area contributed by atoms with E-state index in [1.807, 2.05) is 7.05 Å². The van der Waals surface area contributed by atoms with Gasteiger partial charge in [0.15, 0.2) is 5.96 Å². The highest BCUT2D eigenvalue weighted by Crippen LogP contribution is 2.19. The number of hydrogen-bond acceptors (Lipinski definition) is 5. The lowest BCUT2D eigenvalue weighted by Gasteiger charge is -2.32. The summed E-state index contributed by atoms with van der Waals surface area (Å²) in [6.45, 7) is 7.39. The molecule has 2 heterocycles. The number of halogens is 1. The van der Waals surface area contributed by atoms with Crippen molar-refractivity contribution in [2.75, 3.05) is 46.9 Å². The highest BCUT2D eigenvalue weighted by molar-refractivity contribution is 7.09. The summed E-state index contributed by atoms with van der Waals surface area (Å²) in [6.07, 6.45) is 2.37. The van der Waals surface area contributed by atoms with Gasteiger partial charge in [0.25, 0.3) is 0 Å². The van der Waals surface area contributed by atoms with Gasteiger partial charge in [-0.3, -0.25) is 9.89 Å². The summed E-state index contributed by atoms with van der Waals surface area (Å²) in [5.74, 6) is 1.94. The average Bonchev–Trinajstić information content (AvgIpc) is 3.15. The standard InChI is InChI=1S/C22H32FN5OS/c1-17-26-20(16-30-17)15-28-10-8-18(9-11-28)14-25-22(24-2)27(3)12-13-29-21-6-4-19(23)5-7-21/h4-7,16,18H,8-15H2,1-3H3,(H,24,25). The summed E-state index contributed by atoms with van der Waals surface area (Å²) < 4.78 is 18.6. The number of hydrogen-bond donors (Lipinski definition) is 1. The van der Waals surface area contributed by atoms with Crippen molar-refractivity contribution in [2.24, 2.45) is 10.9 Å². The molecule has 0 saturated carbocycles. The Bertz CT molecular complexity index is 802. The maximum atomic E-state index is 13.0. The molecular weight excluding hydrogens is 401 g/mol. The van der Waals surface area contributed by atoms with Crippen LogP contribution in [0.3, 0.4) is 0 Å². The third-order valence-corrected chi connectivity index (χ3v) is 6.21. The number of ether oxygens (including phenoxy) is 1.